The van der Waals surface area contributed by atoms with Gasteiger partial charge in [0.2, 0.25) is 0 Å². The Labute approximate surface area is 179 Å². The van der Waals surface area contributed by atoms with Crippen molar-refractivity contribution in [3.8, 4) is 16.4 Å². The molecule has 4 aromatic heterocycles. The Balaban J connectivity index is 1.56. The van der Waals surface area contributed by atoms with Crippen LogP contribution in [0.25, 0.3) is 16.4 Å². The van der Waals surface area contributed by atoms with Crippen molar-refractivity contribution in [3.63, 3.8) is 0 Å². The van der Waals surface area contributed by atoms with Crippen LogP contribution in [0.2, 0.25) is 0 Å². The topological polar surface area (TPSA) is 63.0 Å². The van der Waals surface area contributed by atoms with Crippen LogP contribution in [0.3, 0.4) is 0 Å². The Hall–Kier alpha value is -3.26. The van der Waals surface area contributed by atoms with Crippen LogP contribution in [0, 0.1) is 13.8 Å². The zero-order valence-electron chi connectivity index (χ0n) is 17.5. The zero-order valence-corrected chi connectivity index (χ0v) is 18.3. The monoisotopic (exact) mass is 417 g/mol. The second-order valence-electron chi connectivity index (χ2n) is 7.64. The number of anilines is 3. The van der Waals surface area contributed by atoms with Crippen LogP contribution >= 0.6 is 11.3 Å². The predicted octanol–water partition coefficient (Wildman–Crippen LogP) is 4.16. The first kappa shape index (κ1) is 18.7. The molecule has 0 saturated carbocycles. The first-order valence-electron chi connectivity index (χ1n) is 9.90. The summed E-state index contributed by atoms with van der Waals surface area (Å²) >= 11 is 1.60. The lowest BCUT2D eigenvalue weighted by molar-refractivity contribution is 0.864. The van der Waals surface area contributed by atoms with Gasteiger partial charge in [-0.25, -0.2) is 19.6 Å². The maximum absolute atomic E-state index is 4.89. The second-order valence-corrected chi connectivity index (χ2v) is 8.53. The highest BCUT2D eigenvalue weighted by Gasteiger charge is 2.27. The van der Waals surface area contributed by atoms with Gasteiger partial charge in [0.25, 0.3) is 0 Å². The molecule has 0 aliphatic carbocycles. The number of aromatic nitrogens is 5. The van der Waals surface area contributed by atoms with E-state index in [1.807, 2.05) is 54.4 Å². The molecule has 0 saturated heterocycles. The first-order valence-corrected chi connectivity index (χ1v) is 10.8. The van der Waals surface area contributed by atoms with Crippen LogP contribution in [-0.4, -0.2) is 45.4 Å². The molecular weight excluding hydrogens is 394 g/mol. The van der Waals surface area contributed by atoms with E-state index in [0.717, 1.165) is 58.1 Å². The number of hydrogen-bond donors (Lipinski definition) is 0. The molecule has 152 valence electrons. The average molecular weight is 418 g/mol. The molecule has 0 aromatic carbocycles. The van der Waals surface area contributed by atoms with Gasteiger partial charge in [-0.05, 0) is 44.5 Å². The molecule has 5 heterocycles. The van der Waals surface area contributed by atoms with E-state index in [4.69, 9.17) is 15.1 Å². The second kappa shape index (κ2) is 7.21. The van der Waals surface area contributed by atoms with E-state index in [-0.39, 0.29) is 0 Å². The SMILES string of the molecule is Cc1cc(-n2ccc(-c3nccs3)n2)c2c(n1)N(c1ccc(N(C)C)nc1C)CC2. The van der Waals surface area contributed by atoms with Crippen molar-refractivity contribution in [1.29, 1.82) is 0 Å². The van der Waals surface area contributed by atoms with Crippen LogP contribution in [0.1, 0.15) is 17.0 Å². The smallest absolute Gasteiger partial charge is 0.143 e. The van der Waals surface area contributed by atoms with E-state index in [2.05, 4.69) is 35.0 Å². The minimum atomic E-state index is 0.878. The van der Waals surface area contributed by atoms with E-state index in [1.165, 1.54) is 5.56 Å². The number of nitrogens with zero attached hydrogens (tertiary/aromatic N) is 7. The molecule has 1 aliphatic heterocycles. The van der Waals surface area contributed by atoms with Crippen LogP contribution in [0.15, 0.2) is 42.0 Å². The van der Waals surface area contributed by atoms with Crippen LogP contribution in [0.4, 0.5) is 17.3 Å². The molecule has 0 fully saturated rings. The molecule has 0 spiro atoms. The van der Waals surface area contributed by atoms with Gasteiger partial charge in [0.1, 0.15) is 22.3 Å². The van der Waals surface area contributed by atoms with Crippen molar-refractivity contribution in [2.75, 3.05) is 30.4 Å². The highest BCUT2D eigenvalue weighted by atomic mass is 32.1. The third-order valence-electron chi connectivity index (χ3n) is 5.33. The lowest BCUT2D eigenvalue weighted by Gasteiger charge is -2.22. The van der Waals surface area contributed by atoms with Crippen LogP contribution in [0.5, 0.6) is 0 Å². The molecule has 0 N–H and O–H groups in total. The molecule has 0 bridgehead atoms. The Morgan fingerprint density at radius 3 is 2.67 bits per heavy atom. The Morgan fingerprint density at radius 1 is 1.07 bits per heavy atom. The molecule has 0 unspecified atom stereocenters. The fourth-order valence-corrected chi connectivity index (χ4v) is 4.50. The highest BCUT2D eigenvalue weighted by molar-refractivity contribution is 7.13. The Kier molecular flexibility index (Phi) is 4.51. The molecule has 7 nitrogen and oxygen atoms in total. The zero-order chi connectivity index (χ0) is 20.8. The summed E-state index contributed by atoms with van der Waals surface area (Å²) in [6.45, 7) is 4.97. The lowest BCUT2D eigenvalue weighted by Crippen LogP contribution is -2.18. The molecule has 5 rings (SSSR count). The van der Waals surface area contributed by atoms with Gasteiger partial charge in [0.05, 0.1) is 17.1 Å². The van der Waals surface area contributed by atoms with Gasteiger partial charge in [0.15, 0.2) is 0 Å². The van der Waals surface area contributed by atoms with Gasteiger partial charge in [0, 0.05) is 49.7 Å². The largest absolute Gasteiger partial charge is 0.363 e. The summed E-state index contributed by atoms with van der Waals surface area (Å²) in [5.74, 6) is 1.96. The molecule has 30 heavy (non-hydrogen) atoms. The maximum Gasteiger partial charge on any atom is 0.143 e. The van der Waals surface area contributed by atoms with Crippen molar-refractivity contribution in [2.24, 2.45) is 0 Å². The Morgan fingerprint density at radius 2 is 1.93 bits per heavy atom. The minimum absolute atomic E-state index is 0.878. The third-order valence-corrected chi connectivity index (χ3v) is 6.12. The van der Waals surface area contributed by atoms with Gasteiger partial charge in [-0.1, -0.05) is 0 Å². The van der Waals surface area contributed by atoms with Crippen molar-refractivity contribution >= 4 is 28.7 Å². The van der Waals surface area contributed by atoms with E-state index < -0.39 is 0 Å². The normalized spacial score (nSPS) is 13.0. The molecule has 0 radical (unpaired) electrons. The number of fused-ring (bicyclic) bond motifs is 1. The Bertz CT molecular complexity index is 1210. The van der Waals surface area contributed by atoms with Crippen molar-refractivity contribution in [2.45, 2.75) is 20.3 Å². The molecule has 0 atom stereocenters. The van der Waals surface area contributed by atoms with Gasteiger partial charge < -0.3 is 9.80 Å². The van der Waals surface area contributed by atoms with Gasteiger partial charge in [-0.3, -0.25) is 0 Å². The number of aryl methyl sites for hydroxylation is 2. The maximum atomic E-state index is 4.89. The lowest BCUT2D eigenvalue weighted by atomic mass is 10.1. The quantitative estimate of drug-likeness (QED) is 0.497. The molecule has 1 aliphatic rings. The summed E-state index contributed by atoms with van der Waals surface area (Å²) in [6, 6.07) is 8.33. The third kappa shape index (κ3) is 3.13. The highest BCUT2D eigenvalue weighted by Crippen LogP contribution is 2.38. The minimum Gasteiger partial charge on any atom is -0.363 e. The molecule has 8 heteroatoms. The van der Waals surface area contributed by atoms with Crippen molar-refractivity contribution in [3.05, 3.63) is 59.0 Å². The fourth-order valence-electron chi connectivity index (χ4n) is 3.89. The predicted molar refractivity (Wildman–Crippen MR) is 121 cm³/mol. The number of hydrogen-bond acceptors (Lipinski definition) is 7. The van der Waals surface area contributed by atoms with Crippen LogP contribution < -0.4 is 9.80 Å². The van der Waals surface area contributed by atoms with E-state index >= 15 is 0 Å². The van der Waals surface area contributed by atoms with E-state index in [0.29, 0.717) is 0 Å². The number of rotatable bonds is 4. The van der Waals surface area contributed by atoms with Crippen LogP contribution in [-0.2, 0) is 6.42 Å². The van der Waals surface area contributed by atoms with Crippen molar-refractivity contribution < 1.29 is 0 Å². The number of thiazole rings is 1. The number of pyridine rings is 2. The van der Waals surface area contributed by atoms with Gasteiger partial charge >= 0.3 is 0 Å². The summed E-state index contributed by atoms with van der Waals surface area (Å²) in [6.07, 6.45) is 4.73. The summed E-state index contributed by atoms with van der Waals surface area (Å²) in [4.78, 5) is 18.3. The van der Waals surface area contributed by atoms with Crippen molar-refractivity contribution in [1.82, 2.24) is 24.7 Å². The van der Waals surface area contributed by atoms with E-state index in [1.54, 1.807) is 11.3 Å². The van der Waals surface area contributed by atoms with Gasteiger partial charge in [-0.15, -0.1) is 11.3 Å². The summed E-state index contributed by atoms with van der Waals surface area (Å²) in [7, 11) is 4.02. The standard InChI is InChI=1S/C22H23N7S/c1-14-13-19(29-11-8-17(26-29)22-23-9-12-30-22)16-7-10-28(21(16)24-14)18-5-6-20(27(3)4)25-15(18)2/h5-6,8-9,11-13H,7,10H2,1-4H3. The summed E-state index contributed by atoms with van der Waals surface area (Å²) in [5.41, 5.74) is 6.26. The first-order chi connectivity index (χ1) is 14.5. The summed E-state index contributed by atoms with van der Waals surface area (Å²) < 4.78 is 1.95. The molecular formula is C22H23N7S. The van der Waals surface area contributed by atoms with E-state index in [9.17, 15) is 0 Å². The summed E-state index contributed by atoms with van der Waals surface area (Å²) in [5, 5.41) is 7.69. The molecule has 0 amide bonds. The average Bonchev–Trinajstić information content (AvgIpc) is 3.47. The fraction of sp³-hybridized carbons (Fsp3) is 0.273. The molecule has 4 aromatic rings. The van der Waals surface area contributed by atoms with Gasteiger partial charge in [-0.2, -0.15) is 5.10 Å².